The maximum atomic E-state index is 13.5. The van der Waals surface area contributed by atoms with Crippen molar-refractivity contribution in [2.45, 2.75) is 13.0 Å². The number of hydrogen-bond donors (Lipinski definition) is 1. The summed E-state index contributed by atoms with van der Waals surface area (Å²) < 4.78 is 13.5. The normalized spacial score (nSPS) is 12.5. The van der Waals surface area contributed by atoms with Crippen molar-refractivity contribution in [2.75, 3.05) is 7.05 Å². The van der Waals surface area contributed by atoms with E-state index in [1.807, 2.05) is 13.0 Å². The molecule has 0 aliphatic rings. The topological polar surface area (TPSA) is 24.9 Å². The molecule has 0 fully saturated rings. The van der Waals surface area contributed by atoms with Gasteiger partial charge in [-0.25, -0.2) is 4.39 Å². The highest BCUT2D eigenvalue weighted by molar-refractivity contribution is 6.34. The number of nitrogens with zero attached hydrogens (tertiary/aromatic N) is 1. The molecule has 0 radical (unpaired) electrons. The first-order valence-corrected chi connectivity index (χ1v) is 6.52. The quantitative estimate of drug-likeness (QED) is 0.921. The van der Waals surface area contributed by atoms with E-state index in [-0.39, 0.29) is 11.9 Å². The summed E-state index contributed by atoms with van der Waals surface area (Å²) in [5, 5.41) is 4.02. The van der Waals surface area contributed by atoms with Gasteiger partial charge in [0.2, 0.25) is 0 Å². The number of hydrogen-bond acceptors (Lipinski definition) is 2. The van der Waals surface area contributed by atoms with E-state index in [1.165, 1.54) is 18.3 Å². The molecule has 5 heteroatoms. The van der Waals surface area contributed by atoms with Crippen molar-refractivity contribution >= 4 is 23.2 Å². The maximum Gasteiger partial charge on any atom is 0.123 e. The third-order valence-corrected chi connectivity index (χ3v) is 3.31. The van der Waals surface area contributed by atoms with Gasteiger partial charge < -0.3 is 5.32 Å². The lowest BCUT2D eigenvalue weighted by Crippen LogP contribution is -2.19. The van der Waals surface area contributed by atoms with Gasteiger partial charge in [0.05, 0.1) is 21.8 Å². The molecule has 1 aromatic carbocycles. The highest BCUT2D eigenvalue weighted by atomic mass is 35.5. The Hall–Kier alpha value is -1.16. The first-order chi connectivity index (χ1) is 9.01. The van der Waals surface area contributed by atoms with Crippen molar-refractivity contribution in [3.05, 3.63) is 63.1 Å². The van der Waals surface area contributed by atoms with Crippen LogP contribution in [0.1, 0.15) is 22.9 Å². The van der Waals surface area contributed by atoms with Gasteiger partial charge in [0, 0.05) is 6.20 Å². The molecule has 2 aromatic rings. The second kappa shape index (κ2) is 5.87. The highest BCUT2D eigenvalue weighted by Crippen LogP contribution is 2.29. The van der Waals surface area contributed by atoms with E-state index in [4.69, 9.17) is 23.2 Å². The first kappa shape index (κ1) is 14.3. The zero-order valence-electron chi connectivity index (χ0n) is 10.5. The number of pyridine rings is 1. The monoisotopic (exact) mass is 298 g/mol. The Balaban J connectivity index is 2.49. The summed E-state index contributed by atoms with van der Waals surface area (Å²) in [5.74, 6) is -0.277. The second-order valence-electron chi connectivity index (χ2n) is 4.30. The van der Waals surface area contributed by atoms with E-state index in [0.29, 0.717) is 15.7 Å². The number of rotatable bonds is 3. The third-order valence-electron chi connectivity index (χ3n) is 2.80. The molecule has 19 heavy (non-hydrogen) atoms. The minimum absolute atomic E-state index is 0.277. The van der Waals surface area contributed by atoms with Gasteiger partial charge in [-0.3, -0.25) is 4.98 Å². The Morgan fingerprint density at radius 2 is 1.95 bits per heavy atom. The highest BCUT2D eigenvalue weighted by Gasteiger charge is 2.18. The zero-order valence-corrected chi connectivity index (χ0v) is 12.1. The number of nitrogens with one attached hydrogen (secondary N) is 1. The Labute approximate surface area is 121 Å². The molecule has 2 nitrogen and oxygen atoms in total. The van der Waals surface area contributed by atoms with Gasteiger partial charge in [-0.05, 0) is 43.3 Å². The average Bonchev–Trinajstić information content (AvgIpc) is 2.31. The molecule has 0 amide bonds. The molecular weight excluding hydrogens is 286 g/mol. The minimum atomic E-state index is -0.279. The second-order valence-corrected chi connectivity index (χ2v) is 5.15. The predicted octanol–water partition coefficient (Wildman–Crippen LogP) is 4.14. The van der Waals surface area contributed by atoms with E-state index in [2.05, 4.69) is 10.3 Å². The van der Waals surface area contributed by atoms with Gasteiger partial charge >= 0.3 is 0 Å². The lowest BCUT2D eigenvalue weighted by Gasteiger charge is -2.18. The SMILES string of the molecule is CNC(c1cc(C)cc(F)c1)c1ncc(Cl)cc1Cl. The van der Waals surface area contributed by atoms with Crippen LogP contribution in [0.25, 0.3) is 0 Å². The van der Waals surface area contributed by atoms with Crippen molar-refractivity contribution in [1.29, 1.82) is 0 Å². The van der Waals surface area contributed by atoms with Crippen LogP contribution < -0.4 is 5.32 Å². The Morgan fingerprint density at radius 1 is 1.21 bits per heavy atom. The largest absolute Gasteiger partial charge is 0.308 e. The van der Waals surface area contributed by atoms with Crippen LogP contribution in [-0.2, 0) is 0 Å². The van der Waals surface area contributed by atoms with E-state index < -0.39 is 0 Å². The zero-order chi connectivity index (χ0) is 14.0. The summed E-state index contributed by atoms with van der Waals surface area (Å²) >= 11 is 12.0. The fourth-order valence-corrected chi connectivity index (χ4v) is 2.52. The fourth-order valence-electron chi connectivity index (χ4n) is 2.03. The van der Waals surface area contributed by atoms with Gasteiger partial charge in [-0.1, -0.05) is 29.3 Å². The van der Waals surface area contributed by atoms with Crippen molar-refractivity contribution in [2.24, 2.45) is 0 Å². The smallest absolute Gasteiger partial charge is 0.123 e. The predicted molar refractivity (Wildman–Crippen MR) is 76.3 cm³/mol. The fraction of sp³-hybridized carbons (Fsp3) is 0.214. The van der Waals surface area contributed by atoms with Crippen LogP contribution in [0.3, 0.4) is 0 Å². The van der Waals surface area contributed by atoms with E-state index >= 15 is 0 Å². The molecule has 0 saturated heterocycles. The Morgan fingerprint density at radius 3 is 2.53 bits per heavy atom. The van der Waals surface area contributed by atoms with Crippen molar-refractivity contribution < 1.29 is 4.39 Å². The van der Waals surface area contributed by atoms with E-state index in [0.717, 1.165) is 11.1 Å². The Bertz CT molecular complexity index is 582. The van der Waals surface area contributed by atoms with Gasteiger partial charge in [-0.15, -0.1) is 0 Å². The minimum Gasteiger partial charge on any atom is -0.308 e. The van der Waals surface area contributed by atoms with Crippen LogP contribution in [0.5, 0.6) is 0 Å². The van der Waals surface area contributed by atoms with Crippen molar-refractivity contribution in [3.63, 3.8) is 0 Å². The summed E-state index contributed by atoms with van der Waals surface area (Å²) in [7, 11) is 1.78. The molecule has 0 spiro atoms. The average molecular weight is 299 g/mol. The standard InChI is InChI=1S/C14H13Cl2FN2/c1-8-3-9(5-11(17)4-8)13(18-2)14-12(16)6-10(15)7-19-14/h3-7,13,18H,1-2H3. The van der Waals surface area contributed by atoms with Crippen molar-refractivity contribution in [3.8, 4) is 0 Å². The van der Waals surface area contributed by atoms with Gasteiger partial charge in [0.25, 0.3) is 0 Å². The van der Waals surface area contributed by atoms with Gasteiger partial charge in [0.15, 0.2) is 0 Å². The number of halogens is 3. The van der Waals surface area contributed by atoms with Crippen molar-refractivity contribution in [1.82, 2.24) is 10.3 Å². The maximum absolute atomic E-state index is 13.5. The number of benzene rings is 1. The molecule has 1 unspecified atom stereocenters. The number of aromatic nitrogens is 1. The molecule has 2 rings (SSSR count). The van der Waals surface area contributed by atoms with Gasteiger partial charge in [-0.2, -0.15) is 0 Å². The molecule has 100 valence electrons. The van der Waals surface area contributed by atoms with E-state index in [1.54, 1.807) is 13.1 Å². The van der Waals surface area contributed by atoms with Crippen LogP contribution in [0, 0.1) is 12.7 Å². The summed E-state index contributed by atoms with van der Waals surface area (Å²) in [6.07, 6.45) is 1.53. The summed E-state index contributed by atoms with van der Waals surface area (Å²) in [5.41, 5.74) is 2.25. The summed E-state index contributed by atoms with van der Waals surface area (Å²) in [6, 6.07) is 6.20. The van der Waals surface area contributed by atoms with Crippen LogP contribution in [0.15, 0.2) is 30.5 Å². The molecule has 0 bridgehead atoms. The Kier molecular flexibility index (Phi) is 4.40. The summed E-state index contributed by atoms with van der Waals surface area (Å²) in [4.78, 5) is 4.24. The molecule has 0 aliphatic carbocycles. The van der Waals surface area contributed by atoms with Crippen LogP contribution in [0.4, 0.5) is 4.39 Å². The molecule has 1 heterocycles. The van der Waals surface area contributed by atoms with Crippen LogP contribution >= 0.6 is 23.2 Å². The lowest BCUT2D eigenvalue weighted by atomic mass is 10.0. The lowest BCUT2D eigenvalue weighted by molar-refractivity contribution is 0.612. The molecule has 0 aliphatic heterocycles. The molecule has 0 saturated carbocycles. The third kappa shape index (κ3) is 3.24. The van der Waals surface area contributed by atoms with Crippen LogP contribution in [-0.4, -0.2) is 12.0 Å². The summed E-state index contributed by atoms with van der Waals surface area (Å²) in [6.45, 7) is 1.84. The number of aryl methyl sites for hydroxylation is 1. The molecular formula is C14H13Cl2FN2. The molecule has 1 atom stereocenters. The van der Waals surface area contributed by atoms with E-state index in [9.17, 15) is 4.39 Å². The first-order valence-electron chi connectivity index (χ1n) is 5.76. The molecule has 1 N–H and O–H groups in total. The van der Waals surface area contributed by atoms with Crippen LogP contribution in [0.2, 0.25) is 10.0 Å². The molecule has 1 aromatic heterocycles. The van der Waals surface area contributed by atoms with Gasteiger partial charge in [0.1, 0.15) is 5.82 Å².